The van der Waals surface area contributed by atoms with Gasteiger partial charge in [0.2, 0.25) is 0 Å². The Balaban J connectivity index is 0. The molecule has 3 heteroatoms. The van der Waals surface area contributed by atoms with Gasteiger partial charge in [0.15, 0.2) is 0 Å². The second kappa shape index (κ2) is 9.01. The number of hydrogen-bond acceptors (Lipinski definition) is 1. The quantitative estimate of drug-likeness (QED) is 0.468. The van der Waals surface area contributed by atoms with Crippen LogP contribution in [0.3, 0.4) is 0 Å². The van der Waals surface area contributed by atoms with Gasteiger partial charge in [-0.1, -0.05) is 4.57 Å². The van der Waals surface area contributed by atoms with Crippen LogP contribution in [-0.4, -0.2) is 6.66 Å². The fourth-order valence-electron chi connectivity index (χ4n) is 0. The molecule has 1 atom stereocenters. The summed E-state index contributed by atoms with van der Waals surface area (Å²) in [6, 6.07) is 0. The minimum absolute atomic E-state index is 0. The first-order chi connectivity index (χ1) is 1.41. The third-order valence-electron chi connectivity index (χ3n) is 0. The van der Waals surface area contributed by atoms with Gasteiger partial charge in [0.1, 0.15) is 6.66 Å². The van der Waals surface area contributed by atoms with Gasteiger partial charge in [-0.15, -0.1) is 0 Å². The normalized spacial score (nSPS) is 5.25. The molecule has 0 saturated carbocycles. The second-order valence-electron chi connectivity index (χ2n) is 0.204. The van der Waals surface area contributed by atoms with Crippen LogP contribution in [0, 0.1) is 0 Å². The summed E-state index contributed by atoms with van der Waals surface area (Å²) in [5.41, 5.74) is 0. The molecule has 0 bridgehead atoms. The molecule has 0 aromatic rings. The Morgan fingerprint density at radius 1 is 1.75 bits per heavy atom. The second-order valence-corrected chi connectivity index (χ2v) is 0.612. The van der Waals surface area contributed by atoms with Crippen molar-refractivity contribution in [3.05, 3.63) is 0 Å². The van der Waals surface area contributed by atoms with Gasteiger partial charge in [0, 0.05) is 26.2 Å². The van der Waals surface area contributed by atoms with Gasteiger partial charge in [-0.2, -0.15) is 0 Å². The Morgan fingerprint density at radius 3 is 1.75 bits per heavy atom. The Bertz CT molecular complexity index is 15.5. The molecule has 0 aromatic carbocycles. The Labute approximate surface area is 46.1 Å². The van der Waals surface area contributed by atoms with Crippen molar-refractivity contribution in [1.82, 2.24) is 0 Å². The average molecular weight is 154 g/mol. The van der Waals surface area contributed by atoms with Crippen LogP contribution in [0.5, 0.6) is 0 Å². The monoisotopic (exact) mass is 153 g/mol. The van der Waals surface area contributed by atoms with E-state index in [4.69, 9.17) is 4.57 Å². The van der Waals surface area contributed by atoms with E-state index in [0.29, 0.717) is 0 Å². The van der Waals surface area contributed by atoms with E-state index in [1.807, 2.05) is 0 Å². The van der Waals surface area contributed by atoms with Crippen LogP contribution in [0.1, 0.15) is 0 Å². The van der Waals surface area contributed by atoms with Crippen LogP contribution in [0.4, 0.5) is 0 Å². The van der Waals surface area contributed by atoms with E-state index in [0.717, 1.165) is 0 Å². The zero-order chi connectivity index (χ0) is 2.71. The molecular weight excluding hydrogens is 150 g/mol. The topological polar surface area (TPSA) is 17.1 Å². The van der Waals surface area contributed by atoms with E-state index in [-0.39, 0.29) is 34.7 Å². The molecule has 0 fully saturated rings. The maximum atomic E-state index is 8.96. The first kappa shape index (κ1) is 8.88. The smallest absolute Gasteiger partial charge is 0.0778 e. The predicted octanol–water partition coefficient (Wildman–Crippen LogP) is 0.638. The molecule has 0 N–H and O–H groups in total. The SMILES string of the molecule is C[PH+]=O.[Zr]. The predicted molar refractivity (Wildman–Crippen MR) is 14.9 cm³/mol. The zero-order valence-electron chi connectivity index (χ0n) is 2.41. The number of hydrogen-bond donors (Lipinski definition) is 0. The molecule has 0 heterocycles. The molecule has 0 aliphatic heterocycles. The average Bonchev–Trinajstić information content (AvgIpc) is 0.918. The van der Waals surface area contributed by atoms with Crippen molar-refractivity contribution in [1.29, 1.82) is 0 Å². The third-order valence-corrected chi connectivity index (χ3v) is 0. The summed E-state index contributed by atoms with van der Waals surface area (Å²) in [7, 11) is -0.167. The fourth-order valence-corrected chi connectivity index (χ4v) is 0. The van der Waals surface area contributed by atoms with E-state index in [1.54, 1.807) is 6.66 Å². The van der Waals surface area contributed by atoms with E-state index in [2.05, 4.69) is 0 Å². The molecular formula is CH4OPZr+. The van der Waals surface area contributed by atoms with Crippen LogP contribution in [0.2, 0.25) is 0 Å². The first-order valence-electron chi connectivity index (χ1n) is 0.704. The molecule has 0 saturated heterocycles. The summed E-state index contributed by atoms with van der Waals surface area (Å²) >= 11 is 0. The van der Waals surface area contributed by atoms with Crippen LogP contribution >= 0.6 is 8.46 Å². The van der Waals surface area contributed by atoms with Crippen molar-refractivity contribution in [2.24, 2.45) is 0 Å². The zero-order valence-corrected chi connectivity index (χ0v) is 5.87. The van der Waals surface area contributed by atoms with Crippen molar-refractivity contribution < 1.29 is 30.8 Å². The van der Waals surface area contributed by atoms with E-state index < -0.39 is 0 Å². The van der Waals surface area contributed by atoms with Crippen LogP contribution in [0.15, 0.2) is 0 Å². The van der Waals surface area contributed by atoms with Crippen molar-refractivity contribution in [2.45, 2.75) is 0 Å². The Hall–Kier alpha value is 0.983. The summed E-state index contributed by atoms with van der Waals surface area (Å²) < 4.78 is 8.96. The molecule has 0 radical (unpaired) electrons. The molecule has 4 heavy (non-hydrogen) atoms. The fraction of sp³-hybridized carbons (Fsp3) is 1.00. The van der Waals surface area contributed by atoms with Crippen molar-refractivity contribution in [3.63, 3.8) is 0 Å². The maximum absolute atomic E-state index is 8.96. The van der Waals surface area contributed by atoms with Crippen molar-refractivity contribution in [2.75, 3.05) is 6.66 Å². The van der Waals surface area contributed by atoms with Gasteiger partial charge in [-0.25, -0.2) is 0 Å². The third kappa shape index (κ3) is 12.1. The van der Waals surface area contributed by atoms with Crippen LogP contribution in [-0.2, 0) is 30.8 Å². The summed E-state index contributed by atoms with van der Waals surface area (Å²) in [5.74, 6) is 0. The van der Waals surface area contributed by atoms with Gasteiger partial charge in [0.05, 0.1) is 0 Å². The van der Waals surface area contributed by atoms with Crippen LogP contribution < -0.4 is 0 Å². The molecule has 22 valence electrons. The van der Waals surface area contributed by atoms with E-state index in [9.17, 15) is 0 Å². The minimum Gasteiger partial charge on any atom is -0.0778 e. The van der Waals surface area contributed by atoms with Gasteiger partial charge < -0.3 is 0 Å². The van der Waals surface area contributed by atoms with Crippen LogP contribution in [0.25, 0.3) is 0 Å². The molecule has 0 spiro atoms. The molecule has 0 aliphatic rings. The molecule has 1 unspecified atom stereocenters. The van der Waals surface area contributed by atoms with Crippen molar-refractivity contribution >= 4 is 8.46 Å². The summed E-state index contributed by atoms with van der Waals surface area (Å²) in [5, 5.41) is 0. The van der Waals surface area contributed by atoms with E-state index in [1.165, 1.54) is 0 Å². The van der Waals surface area contributed by atoms with E-state index >= 15 is 0 Å². The first-order valence-corrected chi connectivity index (χ1v) is 2.11. The summed E-state index contributed by atoms with van der Waals surface area (Å²) in [6.45, 7) is 1.60. The minimum atomic E-state index is -0.167. The van der Waals surface area contributed by atoms with Gasteiger partial charge >= 0.3 is 8.46 Å². The molecule has 1 nitrogen and oxygen atoms in total. The Morgan fingerprint density at radius 2 is 1.75 bits per heavy atom. The maximum Gasteiger partial charge on any atom is 0.321 e. The largest absolute Gasteiger partial charge is 0.321 e. The summed E-state index contributed by atoms with van der Waals surface area (Å²) in [4.78, 5) is 0. The Kier molecular flexibility index (Phi) is 20.0. The number of rotatable bonds is 0. The molecule has 0 amide bonds. The molecule has 0 aromatic heterocycles. The standard InChI is InChI=1S/CH3OP.Zr/c1-3-2;/h1H3;/p+1. The van der Waals surface area contributed by atoms with Gasteiger partial charge in [-0.3, -0.25) is 0 Å². The summed E-state index contributed by atoms with van der Waals surface area (Å²) in [6.07, 6.45) is 0. The van der Waals surface area contributed by atoms with Crippen molar-refractivity contribution in [3.8, 4) is 0 Å². The molecule has 0 rings (SSSR count). The molecule has 0 aliphatic carbocycles. The van der Waals surface area contributed by atoms with Gasteiger partial charge in [-0.05, 0) is 0 Å². The van der Waals surface area contributed by atoms with Gasteiger partial charge in [0.25, 0.3) is 0 Å².